The maximum absolute atomic E-state index is 11.6. The van der Waals surface area contributed by atoms with Gasteiger partial charge in [-0.2, -0.15) is 0 Å². The number of carboxylic acids is 1. The van der Waals surface area contributed by atoms with Crippen LogP contribution in [-0.4, -0.2) is 16.1 Å². The highest BCUT2D eigenvalue weighted by atomic mass is 16.4. The molecule has 3 heteroatoms. The number of pyridine rings is 1. The SMILES string of the molecule is O=C(O)C(CCCc1ccccc1)CCc1ccc(-c2ccncc2)cc1. The minimum atomic E-state index is -0.684. The van der Waals surface area contributed by atoms with Crippen LogP contribution in [0.5, 0.6) is 0 Å². The number of hydrogen-bond donors (Lipinski definition) is 1. The summed E-state index contributed by atoms with van der Waals surface area (Å²) in [4.78, 5) is 15.6. The fourth-order valence-electron chi connectivity index (χ4n) is 3.34. The molecule has 0 aliphatic heterocycles. The number of aromatic nitrogens is 1. The molecule has 1 heterocycles. The first-order chi connectivity index (χ1) is 13.2. The van der Waals surface area contributed by atoms with Crippen molar-refractivity contribution in [2.24, 2.45) is 5.92 Å². The lowest BCUT2D eigenvalue weighted by molar-refractivity contribution is -0.142. The molecule has 1 aromatic heterocycles. The van der Waals surface area contributed by atoms with Crippen molar-refractivity contribution in [1.82, 2.24) is 4.98 Å². The lowest BCUT2D eigenvalue weighted by Crippen LogP contribution is -2.15. The zero-order valence-corrected chi connectivity index (χ0v) is 15.4. The molecule has 3 rings (SSSR count). The van der Waals surface area contributed by atoms with Crippen LogP contribution in [0.4, 0.5) is 0 Å². The first kappa shape index (κ1) is 18.8. The van der Waals surface area contributed by atoms with Crippen molar-refractivity contribution >= 4 is 5.97 Å². The smallest absolute Gasteiger partial charge is 0.306 e. The Morgan fingerprint density at radius 1 is 0.778 bits per heavy atom. The van der Waals surface area contributed by atoms with Crippen molar-refractivity contribution in [1.29, 1.82) is 0 Å². The van der Waals surface area contributed by atoms with Crippen LogP contribution in [0.2, 0.25) is 0 Å². The van der Waals surface area contributed by atoms with Crippen LogP contribution in [0.15, 0.2) is 79.1 Å². The summed E-state index contributed by atoms with van der Waals surface area (Å²) in [6.07, 6.45) is 7.61. The quantitative estimate of drug-likeness (QED) is 0.556. The maximum Gasteiger partial charge on any atom is 0.306 e. The van der Waals surface area contributed by atoms with Crippen LogP contribution >= 0.6 is 0 Å². The van der Waals surface area contributed by atoms with E-state index in [4.69, 9.17) is 0 Å². The van der Waals surface area contributed by atoms with Gasteiger partial charge in [-0.15, -0.1) is 0 Å². The molecule has 0 bridgehead atoms. The summed E-state index contributed by atoms with van der Waals surface area (Å²) in [6.45, 7) is 0. The molecule has 0 radical (unpaired) electrons. The minimum Gasteiger partial charge on any atom is -0.481 e. The van der Waals surface area contributed by atoms with Gasteiger partial charge in [-0.1, -0.05) is 54.6 Å². The highest BCUT2D eigenvalue weighted by molar-refractivity contribution is 5.70. The first-order valence-corrected chi connectivity index (χ1v) is 9.48. The van der Waals surface area contributed by atoms with Crippen LogP contribution in [0, 0.1) is 5.92 Å². The number of aryl methyl sites for hydroxylation is 2. The van der Waals surface area contributed by atoms with E-state index >= 15 is 0 Å². The predicted molar refractivity (Wildman–Crippen MR) is 108 cm³/mol. The van der Waals surface area contributed by atoms with Crippen LogP contribution < -0.4 is 0 Å². The Kier molecular flexibility index (Phi) is 6.75. The summed E-state index contributed by atoms with van der Waals surface area (Å²) in [5.74, 6) is -0.968. The first-order valence-electron chi connectivity index (χ1n) is 9.48. The second-order valence-corrected chi connectivity index (χ2v) is 6.88. The van der Waals surface area contributed by atoms with Crippen LogP contribution in [0.25, 0.3) is 11.1 Å². The number of nitrogens with zero attached hydrogens (tertiary/aromatic N) is 1. The van der Waals surface area contributed by atoms with E-state index in [0.717, 1.165) is 36.8 Å². The van der Waals surface area contributed by atoms with E-state index in [1.807, 2.05) is 30.3 Å². The second-order valence-electron chi connectivity index (χ2n) is 6.88. The zero-order valence-electron chi connectivity index (χ0n) is 15.4. The van der Waals surface area contributed by atoms with E-state index in [0.29, 0.717) is 6.42 Å². The van der Waals surface area contributed by atoms with E-state index in [-0.39, 0.29) is 5.92 Å². The number of aliphatic carboxylic acids is 1. The van der Waals surface area contributed by atoms with Gasteiger partial charge in [-0.05, 0) is 66.5 Å². The lowest BCUT2D eigenvalue weighted by Gasteiger charge is -2.12. The fourth-order valence-corrected chi connectivity index (χ4v) is 3.34. The van der Waals surface area contributed by atoms with Gasteiger partial charge in [-0.25, -0.2) is 0 Å². The normalized spacial score (nSPS) is 11.9. The monoisotopic (exact) mass is 359 g/mol. The highest BCUT2D eigenvalue weighted by Gasteiger charge is 2.17. The molecule has 0 fully saturated rings. The Bertz CT molecular complexity index is 829. The Morgan fingerprint density at radius 3 is 2.07 bits per heavy atom. The molecule has 3 nitrogen and oxygen atoms in total. The lowest BCUT2D eigenvalue weighted by atomic mass is 9.93. The summed E-state index contributed by atoms with van der Waals surface area (Å²) in [5, 5.41) is 9.54. The third-order valence-electron chi connectivity index (χ3n) is 4.96. The predicted octanol–water partition coefficient (Wildman–Crippen LogP) is 5.40. The Balaban J connectivity index is 1.51. The van der Waals surface area contributed by atoms with Gasteiger partial charge in [0, 0.05) is 12.4 Å². The molecule has 0 amide bonds. The number of hydrogen-bond acceptors (Lipinski definition) is 2. The van der Waals surface area contributed by atoms with Crippen LogP contribution in [0.3, 0.4) is 0 Å². The van der Waals surface area contributed by atoms with Gasteiger partial charge in [-0.3, -0.25) is 9.78 Å². The standard InChI is InChI=1S/C24H25NO2/c26-24(27)23(8-4-7-19-5-2-1-3-6-19)14-11-20-9-12-21(13-10-20)22-15-17-25-18-16-22/h1-3,5-6,9-10,12-13,15-18,23H,4,7-8,11,14H2,(H,26,27). The van der Waals surface area contributed by atoms with E-state index < -0.39 is 5.97 Å². The molecular weight excluding hydrogens is 334 g/mol. The topological polar surface area (TPSA) is 50.2 Å². The third kappa shape index (κ3) is 5.78. The van der Waals surface area contributed by atoms with Gasteiger partial charge in [0.1, 0.15) is 0 Å². The average Bonchev–Trinajstić information content (AvgIpc) is 2.72. The zero-order chi connectivity index (χ0) is 18.9. The van der Waals surface area contributed by atoms with E-state index in [9.17, 15) is 9.90 Å². The molecule has 0 saturated carbocycles. The van der Waals surface area contributed by atoms with Crippen molar-refractivity contribution in [3.8, 4) is 11.1 Å². The molecule has 1 atom stereocenters. The molecule has 0 aliphatic carbocycles. The Labute approximate surface area is 160 Å². The van der Waals surface area contributed by atoms with E-state index in [1.165, 1.54) is 11.1 Å². The number of carboxylic acid groups (broad SMARTS) is 1. The number of benzene rings is 2. The van der Waals surface area contributed by atoms with Crippen molar-refractivity contribution in [2.75, 3.05) is 0 Å². The molecule has 3 aromatic rings. The fraction of sp³-hybridized carbons (Fsp3) is 0.250. The molecule has 138 valence electrons. The summed E-state index contributed by atoms with van der Waals surface area (Å²) in [6, 6.07) is 22.6. The molecule has 1 N–H and O–H groups in total. The van der Waals surface area contributed by atoms with E-state index in [1.54, 1.807) is 12.4 Å². The summed E-state index contributed by atoms with van der Waals surface area (Å²) < 4.78 is 0. The van der Waals surface area contributed by atoms with E-state index in [2.05, 4.69) is 41.4 Å². The summed E-state index contributed by atoms with van der Waals surface area (Å²) in [5.41, 5.74) is 4.75. The van der Waals surface area contributed by atoms with Gasteiger partial charge < -0.3 is 5.11 Å². The maximum atomic E-state index is 11.6. The van der Waals surface area contributed by atoms with Crippen LogP contribution in [-0.2, 0) is 17.6 Å². The molecule has 0 saturated heterocycles. The molecule has 0 spiro atoms. The highest BCUT2D eigenvalue weighted by Crippen LogP contribution is 2.21. The van der Waals surface area contributed by atoms with Crippen molar-refractivity contribution in [2.45, 2.75) is 32.1 Å². The van der Waals surface area contributed by atoms with Gasteiger partial charge in [0.25, 0.3) is 0 Å². The van der Waals surface area contributed by atoms with Crippen molar-refractivity contribution < 1.29 is 9.90 Å². The molecular formula is C24H25NO2. The molecule has 0 aliphatic rings. The Morgan fingerprint density at radius 2 is 1.41 bits per heavy atom. The molecule has 2 aromatic carbocycles. The van der Waals surface area contributed by atoms with Gasteiger partial charge in [0.05, 0.1) is 5.92 Å². The Hall–Kier alpha value is -2.94. The molecule has 27 heavy (non-hydrogen) atoms. The van der Waals surface area contributed by atoms with Crippen molar-refractivity contribution in [3.05, 3.63) is 90.3 Å². The van der Waals surface area contributed by atoms with Gasteiger partial charge in [0.15, 0.2) is 0 Å². The summed E-state index contributed by atoms with van der Waals surface area (Å²) >= 11 is 0. The third-order valence-corrected chi connectivity index (χ3v) is 4.96. The molecule has 1 unspecified atom stereocenters. The largest absolute Gasteiger partial charge is 0.481 e. The van der Waals surface area contributed by atoms with Crippen molar-refractivity contribution in [3.63, 3.8) is 0 Å². The number of rotatable bonds is 9. The average molecular weight is 359 g/mol. The number of carbonyl (C=O) groups is 1. The van der Waals surface area contributed by atoms with Gasteiger partial charge in [0.2, 0.25) is 0 Å². The van der Waals surface area contributed by atoms with Crippen LogP contribution in [0.1, 0.15) is 30.4 Å². The second kappa shape index (κ2) is 9.67. The summed E-state index contributed by atoms with van der Waals surface area (Å²) in [7, 11) is 0. The van der Waals surface area contributed by atoms with Gasteiger partial charge >= 0.3 is 5.97 Å². The minimum absolute atomic E-state index is 0.284.